The lowest BCUT2D eigenvalue weighted by atomic mass is 10.3. The van der Waals surface area contributed by atoms with Crippen molar-refractivity contribution in [2.45, 2.75) is 16.2 Å². The van der Waals surface area contributed by atoms with Crippen LogP contribution in [0.15, 0.2) is 52.3 Å². The molecule has 0 aliphatic heterocycles. The molecule has 0 saturated heterocycles. The molecule has 0 aromatic heterocycles. The number of nitrogens with zero attached hydrogens (tertiary/aromatic N) is 1. The van der Waals surface area contributed by atoms with Crippen LogP contribution in [0.25, 0.3) is 0 Å². The molecule has 0 atom stereocenters. The molecule has 1 N–H and O–H groups in total. The minimum absolute atomic E-state index is 0.0202. The number of sulfonamides is 1. The Labute approximate surface area is 183 Å². The molecule has 0 heterocycles. The zero-order valence-electron chi connectivity index (χ0n) is 16.2. The van der Waals surface area contributed by atoms with Gasteiger partial charge in [-0.15, -0.1) is 11.8 Å². The van der Waals surface area contributed by atoms with Crippen LogP contribution in [0.1, 0.15) is 6.42 Å². The molecule has 30 heavy (non-hydrogen) atoms. The van der Waals surface area contributed by atoms with Crippen molar-refractivity contribution in [2.75, 3.05) is 31.8 Å². The lowest BCUT2D eigenvalue weighted by Gasteiger charge is -2.14. The molecular weight excluding hydrogens is 455 g/mol. The summed E-state index contributed by atoms with van der Waals surface area (Å²) < 4.78 is 43.3. The van der Waals surface area contributed by atoms with E-state index in [-0.39, 0.29) is 27.8 Å². The normalized spacial score (nSPS) is 11.4. The molecule has 0 spiro atoms. The van der Waals surface area contributed by atoms with E-state index in [2.05, 4.69) is 5.32 Å². The fourth-order valence-electron chi connectivity index (χ4n) is 2.17. The number of esters is 1. The molecule has 11 heteroatoms. The van der Waals surface area contributed by atoms with Crippen LogP contribution in [0.4, 0.5) is 10.1 Å². The van der Waals surface area contributed by atoms with E-state index < -0.39 is 28.5 Å². The summed E-state index contributed by atoms with van der Waals surface area (Å²) in [6, 6.07) is 9.90. The van der Waals surface area contributed by atoms with E-state index in [0.29, 0.717) is 5.75 Å². The van der Waals surface area contributed by atoms with E-state index in [9.17, 15) is 22.4 Å². The number of hydrogen-bond donors (Lipinski definition) is 1. The first-order chi connectivity index (χ1) is 14.1. The monoisotopic (exact) mass is 474 g/mol. The molecule has 162 valence electrons. The Hall–Kier alpha value is -2.14. The molecule has 0 aliphatic rings. The molecule has 0 bridgehead atoms. The summed E-state index contributed by atoms with van der Waals surface area (Å²) in [5, 5.41) is 2.48. The highest BCUT2D eigenvalue weighted by atomic mass is 35.5. The lowest BCUT2D eigenvalue weighted by Crippen LogP contribution is -2.23. The van der Waals surface area contributed by atoms with Crippen molar-refractivity contribution in [3.05, 3.63) is 53.3 Å². The molecule has 0 saturated carbocycles. The average molecular weight is 475 g/mol. The summed E-state index contributed by atoms with van der Waals surface area (Å²) in [7, 11) is -1.05. The second-order valence-electron chi connectivity index (χ2n) is 6.19. The third-order valence-corrected chi connectivity index (χ3v) is 7.04. The first-order valence-electron chi connectivity index (χ1n) is 8.65. The van der Waals surface area contributed by atoms with Crippen LogP contribution >= 0.6 is 23.4 Å². The topological polar surface area (TPSA) is 92.8 Å². The van der Waals surface area contributed by atoms with Gasteiger partial charge in [0.05, 0.1) is 11.4 Å². The Bertz CT molecular complexity index is 1010. The molecule has 7 nitrogen and oxygen atoms in total. The lowest BCUT2D eigenvalue weighted by molar-refractivity contribution is -0.146. The van der Waals surface area contributed by atoms with Gasteiger partial charge in [0.25, 0.3) is 5.91 Å². The maximum Gasteiger partial charge on any atom is 0.307 e. The molecule has 0 fully saturated rings. The van der Waals surface area contributed by atoms with Crippen molar-refractivity contribution in [2.24, 2.45) is 0 Å². The van der Waals surface area contributed by atoms with Crippen LogP contribution in [0.3, 0.4) is 0 Å². The van der Waals surface area contributed by atoms with E-state index in [0.717, 1.165) is 9.20 Å². The molecule has 0 radical (unpaired) electrons. The summed E-state index contributed by atoms with van der Waals surface area (Å²) in [6.07, 6.45) is 0.0709. The molecule has 0 aliphatic carbocycles. The van der Waals surface area contributed by atoms with E-state index in [1.165, 1.54) is 56.2 Å². The summed E-state index contributed by atoms with van der Waals surface area (Å²) >= 11 is 7.32. The first-order valence-corrected chi connectivity index (χ1v) is 11.5. The van der Waals surface area contributed by atoms with Gasteiger partial charge in [-0.1, -0.05) is 11.6 Å². The van der Waals surface area contributed by atoms with Crippen LogP contribution in [-0.2, 0) is 24.3 Å². The average Bonchev–Trinajstić information content (AvgIpc) is 2.69. The smallest absolute Gasteiger partial charge is 0.307 e. The Balaban J connectivity index is 1.83. The van der Waals surface area contributed by atoms with Gasteiger partial charge >= 0.3 is 5.97 Å². The number of amides is 1. The molecule has 1 amide bonds. The quantitative estimate of drug-likeness (QED) is 0.442. The minimum Gasteiger partial charge on any atom is -0.456 e. The number of carbonyl (C=O) groups is 2. The predicted octanol–water partition coefficient (Wildman–Crippen LogP) is 3.39. The maximum atomic E-state index is 12.8. The van der Waals surface area contributed by atoms with Crippen molar-refractivity contribution in [1.82, 2.24) is 4.31 Å². The fraction of sp³-hybridized carbons (Fsp3) is 0.263. The summed E-state index contributed by atoms with van der Waals surface area (Å²) in [5.41, 5.74) is 0.202. The highest BCUT2D eigenvalue weighted by molar-refractivity contribution is 7.99. The number of nitrogens with one attached hydrogen (secondary N) is 1. The van der Waals surface area contributed by atoms with Gasteiger partial charge in [0, 0.05) is 30.4 Å². The van der Waals surface area contributed by atoms with E-state index in [1.54, 1.807) is 12.1 Å². The summed E-state index contributed by atoms with van der Waals surface area (Å²) in [6.45, 7) is -0.515. The van der Waals surface area contributed by atoms with E-state index in [1.807, 2.05) is 0 Å². The Morgan fingerprint density at radius 2 is 1.83 bits per heavy atom. The fourth-order valence-corrected chi connectivity index (χ4v) is 4.40. The second-order valence-corrected chi connectivity index (χ2v) is 9.89. The van der Waals surface area contributed by atoms with Crippen molar-refractivity contribution < 1.29 is 27.1 Å². The van der Waals surface area contributed by atoms with Gasteiger partial charge in [-0.2, -0.15) is 0 Å². The number of carbonyl (C=O) groups excluding carboxylic acids is 2. The van der Waals surface area contributed by atoms with Crippen LogP contribution < -0.4 is 5.32 Å². The third-order valence-electron chi connectivity index (χ3n) is 3.73. The number of halogens is 2. The molecule has 0 unspecified atom stereocenters. The van der Waals surface area contributed by atoms with Crippen molar-refractivity contribution in [1.29, 1.82) is 0 Å². The Morgan fingerprint density at radius 3 is 2.47 bits per heavy atom. The second kappa shape index (κ2) is 10.8. The van der Waals surface area contributed by atoms with Gasteiger partial charge in [-0.25, -0.2) is 17.1 Å². The van der Waals surface area contributed by atoms with Crippen molar-refractivity contribution >= 4 is 50.9 Å². The number of thioether (sulfide) groups is 1. The minimum atomic E-state index is -3.79. The van der Waals surface area contributed by atoms with Crippen molar-refractivity contribution in [3.63, 3.8) is 0 Å². The molecule has 2 rings (SSSR count). The largest absolute Gasteiger partial charge is 0.456 e. The Morgan fingerprint density at radius 1 is 1.17 bits per heavy atom. The van der Waals surface area contributed by atoms with Crippen molar-refractivity contribution in [3.8, 4) is 0 Å². The predicted molar refractivity (Wildman–Crippen MR) is 114 cm³/mol. The van der Waals surface area contributed by atoms with E-state index in [4.69, 9.17) is 16.3 Å². The van der Waals surface area contributed by atoms with Gasteiger partial charge in [0.2, 0.25) is 10.0 Å². The summed E-state index contributed by atoms with van der Waals surface area (Å²) in [4.78, 5) is 24.4. The number of benzene rings is 2. The zero-order valence-corrected chi connectivity index (χ0v) is 18.6. The number of ether oxygens (including phenoxy) is 1. The SMILES string of the molecule is CN(C)S(=O)(=O)c1cc(NC(=O)COC(=O)CCSc2ccc(F)cc2)ccc1Cl. The van der Waals surface area contributed by atoms with Crippen LogP contribution in [0, 0.1) is 5.82 Å². The number of rotatable bonds is 9. The third kappa shape index (κ3) is 6.98. The number of anilines is 1. The summed E-state index contributed by atoms with van der Waals surface area (Å²) in [5.74, 6) is -1.11. The van der Waals surface area contributed by atoms with Gasteiger partial charge in [-0.05, 0) is 42.5 Å². The highest BCUT2D eigenvalue weighted by Crippen LogP contribution is 2.26. The standard InChI is InChI=1S/C19H20ClFN2O5S2/c1-23(2)30(26,27)17-11-14(5-8-16(17)20)22-18(24)12-28-19(25)9-10-29-15-6-3-13(21)4-7-15/h3-8,11H,9-10,12H2,1-2H3,(H,22,24). The van der Waals surface area contributed by atoms with Crippen LogP contribution in [0.5, 0.6) is 0 Å². The van der Waals surface area contributed by atoms with Gasteiger partial charge in [0.15, 0.2) is 6.61 Å². The molecular formula is C19H20ClFN2O5S2. The van der Waals surface area contributed by atoms with Crippen LogP contribution in [-0.4, -0.2) is 51.1 Å². The number of hydrogen-bond acceptors (Lipinski definition) is 6. The molecule has 2 aromatic rings. The highest BCUT2D eigenvalue weighted by Gasteiger charge is 2.21. The van der Waals surface area contributed by atoms with E-state index >= 15 is 0 Å². The maximum absolute atomic E-state index is 12.8. The molecule has 2 aromatic carbocycles. The zero-order chi connectivity index (χ0) is 22.3. The first kappa shape index (κ1) is 24.1. The van der Waals surface area contributed by atoms with Gasteiger partial charge < -0.3 is 10.1 Å². The Kier molecular flexibility index (Phi) is 8.65. The van der Waals surface area contributed by atoms with Gasteiger partial charge in [0.1, 0.15) is 10.7 Å². The van der Waals surface area contributed by atoms with Crippen LogP contribution in [0.2, 0.25) is 5.02 Å². The van der Waals surface area contributed by atoms with Gasteiger partial charge in [-0.3, -0.25) is 9.59 Å².